The average Bonchev–Trinajstić information content (AvgIpc) is 2.65. The average molecular weight is 396 g/mol. The highest BCUT2D eigenvalue weighted by Gasteiger charge is 2.16. The Bertz CT molecular complexity index is 916. The first-order valence-electron chi connectivity index (χ1n) is 9.22. The lowest BCUT2D eigenvalue weighted by molar-refractivity contribution is 0.0523. The molecule has 0 aliphatic heterocycles. The molecule has 0 spiro atoms. The van der Waals surface area contributed by atoms with Crippen LogP contribution >= 0.6 is 0 Å². The van der Waals surface area contributed by atoms with Gasteiger partial charge in [0.2, 0.25) is 5.95 Å². The molecule has 0 bridgehead atoms. The van der Waals surface area contributed by atoms with Crippen molar-refractivity contribution in [3.8, 4) is 11.3 Å². The molecule has 29 heavy (non-hydrogen) atoms. The Morgan fingerprint density at radius 2 is 2.07 bits per heavy atom. The van der Waals surface area contributed by atoms with Crippen molar-refractivity contribution in [2.24, 2.45) is 10.7 Å². The Kier molecular flexibility index (Phi) is 7.30. The molecule has 1 amide bonds. The van der Waals surface area contributed by atoms with E-state index in [0.717, 1.165) is 22.4 Å². The molecule has 0 radical (unpaired) electrons. The van der Waals surface area contributed by atoms with Gasteiger partial charge in [-0.3, -0.25) is 4.99 Å². The van der Waals surface area contributed by atoms with E-state index >= 15 is 0 Å². The standard InChI is InChI=1S/C21H28N6O2/c1-14-10-15(6-7-16(14)12-25-20(28)29-21(2,3)4)18-8-9-24-19(27-18)26-17(11-22)13-23-5/h6-11,13H,12,22H2,1-5H3,(H,25,28)(H,24,26,27). The third kappa shape index (κ3) is 6.91. The number of hydrogen-bond acceptors (Lipinski definition) is 7. The third-order valence-corrected chi connectivity index (χ3v) is 3.82. The number of aryl methyl sites for hydroxylation is 1. The van der Waals surface area contributed by atoms with E-state index in [0.29, 0.717) is 18.2 Å². The van der Waals surface area contributed by atoms with Crippen LogP contribution in [0.1, 0.15) is 31.9 Å². The number of benzene rings is 1. The van der Waals surface area contributed by atoms with E-state index in [4.69, 9.17) is 10.5 Å². The Morgan fingerprint density at radius 1 is 1.31 bits per heavy atom. The first-order chi connectivity index (χ1) is 13.7. The maximum atomic E-state index is 11.8. The lowest BCUT2D eigenvalue weighted by Gasteiger charge is -2.20. The van der Waals surface area contributed by atoms with Gasteiger partial charge in [0.05, 0.1) is 11.4 Å². The molecule has 0 atom stereocenters. The Balaban J connectivity index is 2.12. The summed E-state index contributed by atoms with van der Waals surface area (Å²) >= 11 is 0. The second-order valence-electron chi connectivity index (χ2n) is 7.40. The monoisotopic (exact) mass is 396 g/mol. The van der Waals surface area contributed by atoms with Crippen molar-refractivity contribution in [1.29, 1.82) is 0 Å². The first-order valence-corrected chi connectivity index (χ1v) is 9.22. The molecule has 1 aromatic heterocycles. The summed E-state index contributed by atoms with van der Waals surface area (Å²) < 4.78 is 5.27. The number of ether oxygens (including phenoxy) is 1. The summed E-state index contributed by atoms with van der Waals surface area (Å²) in [7, 11) is 1.66. The molecule has 2 aromatic rings. The molecule has 154 valence electrons. The highest BCUT2D eigenvalue weighted by Crippen LogP contribution is 2.21. The van der Waals surface area contributed by atoms with Crippen LogP contribution < -0.4 is 16.4 Å². The lowest BCUT2D eigenvalue weighted by atomic mass is 10.0. The lowest BCUT2D eigenvalue weighted by Crippen LogP contribution is -2.32. The van der Waals surface area contributed by atoms with Gasteiger partial charge >= 0.3 is 6.09 Å². The van der Waals surface area contributed by atoms with Gasteiger partial charge in [-0.2, -0.15) is 0 Å². The number of hydrogen-bond donors (Lipinski definition) is 3. The Morgan fingerprint density at radius 3 is 2.69 bits per heavy atom. The number of carbonyl (C=O) groups is 1. The molecule has 8 heteroatoms. The minimum absolute atomic E-state index is 0.388. The number of alkyl carbamates (subject to hydrolysis) is 1. The van der Waals surface area contributed by atoms with E-state index in [1.807, 2.05) is 52.0 Å². The fourth-order valence-electron chi connectivity index (χ4n) is 2.50. The maximum absolute atomic E-state index is 11.8. The number of amides is 1. The number of rotatable bonds is 6. The largest absolute Gasteiger partial charge is 0.444 e. The SMILES string of the molecule is CN=CC(=CN)Nc1nccc(-c2ccc(CNC(=O)OC(C)(C)C)c(C)c2)n1. The summed E-state index contributed by atoms with van der Waals surface area (Å²) in [5.41, 5.74) is 9.38. The van der Waals surface area contributed by atoms with E-state index < -0.39 is 11.7 Å². The molecule has 0 aliphatic rings. The zero-order chi connectivity index (χ0) is 21.4. The number of aromatic nitrogens is 2. The molecule has 0 saturated carbocycles. The topological polar surface area (TPSA) is 115 Å². The van der Waals surface area contributed by atoms with Gasteiger partial charge in [-0.05, 0) is 51.0 Å². The van der Waals surface area contributed by atoms with Crippen LogP contribution in [0.5, 0.6) is 0 Å². The molecular formula is C21H28N6O2. The van der Waals surface area contributed by atoms with Crippen molar-refractivity contribution in [2.75, 3.05) is 12.4 Å². The normalized spacial score (nSPS) is 12.1. The molecule has 4 N–H and O–H groups in total. The van der Waals surface area contributed by atoms with Gasteiger partial charge in [0.15, 0.2) is 0 Å². The summed E-state index contributed by atoms with van der Waals surface area (Å²) in [4.78, 5) is 24.5. The summed E-state index contributed by atoms with van der Waals surface area (Å²) in [6.45, 7) is 7.87. The molecule has 0 aliphatic carbocycles. The first kappa shape index (κ1) is 21.9. The molecule has 8 nitrogen and oxygen atoms in total. The number of anilines is 1. The van der Waals surface area contributed by atoms with E-state index in [-0.39, 0.29) is 0 Å². The molecule has 0 fully saturated rings. The van der Waals surface area contributed by atoms with Gasteiger partial charge in [-0.15, -0.1) is 0 Å². The van der Waals surface area contributed by atoms with Crippen LogP contribution in [0.2, 0.25) is 0 Å². The smallest absolute Gasteiger partial charge is 0.407 e. The van der Waals surface area contributed by atoms with E-state index in [9.17, 15) is 4.79 Å². The van der Waals surface area contributed by atoms with Crippen molar-refractivity contribution in [2.45, 2.75) is 39.8 Å². The molecular weight excluding hydrogens is 368 g/mol. The van der Waals surface area contributed by atoms with Crippen LogP contribution in [0.4, 0.5) is 10.7 Å². The van der Waals surface area contributed by atoms with Gasteiger partial charge in [0, 0.05) is 37.8 Å². The van der Waals surface area contributed by atoms with Crippen LogP contribution in [0.3, 0.4) is 0 Å². The van der Waals surface area contributed by atoms with E-state index in [2.05, 4.69) is 25.6 Å². The zero-order valence-electron chi connectivity index (χ0n) is 17.5. The number of carbonyl (C=O) groups excluding carboxylic acids is 1. The van der Waals surface area contributed by atoms with Crippen molar-refractivity contribution in [1.82, 2.24) is 15.3 Å². The minimum atomic E-state index is -0.524. The van der Waals surface area contributed by atoms with E-state index in [1.165, 1.54) is 6.20 Å². The van der Waals surface area contributed by atoms with Crippen molar-refractivity contribution < 1.29 is 9.53 Å². The fourth-order valence-corrected chi connectivity index (χ4v) is 2.50. The second kappa shape index (κ2) is 9.68. The molecule has 0 unspecified atom stereocenters. The van der Waals surface area contributed by atoms with Crippen LogP contribution in [-0.2, 0) is 11.3 Å². The highest BCUT2D eigenvalue weighted by molar-refractivity contribution is 5.82. The number of nitrogens with zero attached hydrogens (tertiary/aromatic N) is 3. The Hall–Kier alpha value is -3.42. The number of nitrogens with one attached hydrogen (secondary N) is 2. The van der Waals surface area contributed by atoms with Gasteiger partial charge in [0.1, 0.15) is 5.60 Å². The number of allylic oxidation sites excluding steroid dienone is 1. The van der Waals surface area contributed by atoms with Crippen molar-refractivity contribution in [3.05, 3.63) is 53.5 Å². The van der Waals surface area contributed by atoms with Gasteiger partial charge in [-0.25, -0.2) is 14.8 Å². The van der Waals surface area contributed by atoms with Gasteiger partial charge in [-0.1, -0.05) is 12.1 Å². The summed E-state index contributed by atoms with van der Waals surface area (Å²) in [5.74, 6) is 0.424. The van der Waals surface area contributed by atoms with Crippen LogP contribution in [0.15, 0.2) is 47.4 Å². The highest BCUT2D eigenvalue weighted by atomic mass is 16.6. The Labute approximate surface area is 171 Å². The van der Waals surface area contributed by atoms with E-state index in [1.54, 1.807) is 19.5 Å². The minimum Gasteiger partial charge on any atom is -0.444 e. The van der Waals surface area contributed by atoms with Crippen LogP contribution in [0.25, 0.3) is 11.3 Å². The number of nitrogens with two attached hydrogens (primary N) is 1. The zero-order valence-corrected chi connectivity index (χ0v) is 17.5. The predicted molar refractivity (Wildman–Crippen MR) is 116 cm³/mol. The molecule has 2 rings (SSSR count). The molecule has 1 aromatic carbocycles. The maximum Gasteiger partial charge on any atom is 0.407 e. The van der Waals surface area contributed by atoms with Gasteiger partial charge < -0.3 is 21.1 Å². The second-order valence-corrected chi connectivity index (χ2v) is 7.40. The quantitative estimate of drug-likeness (QED) is 0.645. The third-order valence-electron chi connectivity index (χ3n) is 3.82. The summed E-state index contributed by atoms with van der Waals surface area (Å²) in [5, 5.41) is 5.80. The van der Waals surface area contributed by atoms with Crippen LogP contribution in [0, 0.1) is 6.92 Å². The summed E-state index contributed by atoms with van der Waals surface area (Å²) in [6, 6.07) is 7.77. The summed E-state index contributed by atoms with van der Waals surface area (Å²) in [6.07, 6.45) is 4.23. The fraction of sp³-hybridized carbons (Fsp3) is 0.333. The van der Waals surface area contributed by atoms with Crippen molar-refractivity contribution >= 4 is 18.3 Å². The number of aliphatic imine (C=N–C) groups is 1. The molecule has 1 heterocycles. The van der Waals surface area contributed by atoms with Crippen LogP contribution in [-0.4, -0.2) is 34.9 Å². The van der Waals surface area contributed by atoms with Crippen molar-refractivity contribution in [3.63, 3.8) is 0 Å². The van der Waals surface area contributed by atoms with Gasteiger partial charge in [0.25, 0.3) is 0 Å². The predicted octanol–water partition coefficient (Wildman–Crippen LogP) is 3.39. The molecule has 0 saturated heterocycles.